The summed E-state index contributed by atoms with van der Waals surface area (Å²) in [6.45, 7) is 3.20. The van der Waals surface area contributed by atoms with E-state index in [1.54, 1.807) is 13.1 Å². The Hall–Kier alpha value is -3.15. The molecule has 132 valence electrons. The molecular weight excluding hydrogens is 328 g/mol. The molecule has 1 aromatic carbocycles. The highest BCUT2D eigenvalue weighted by molar-refractivity contribution is 6.00. The van der Waals surface area contributed by atoms with Crippen LogP contribution in [0.1, 0.15) is 33.7 Å². The largest absolute Gasteiger partial charge is 0.385 e. The van der Waals surface area contributed by atoms with Gasteiger partial charge in [0.05, 0.1) is 5.69 Å². The number of amides is 1. The zero-order valence-corrected chi connectivity index (χ0v) is 14.6. The van der Waals surface area contributed by atoms with Crippen LogP contribution in [0, 0.1) is 6.92 Å². The van der Waals surface area contributed by atoms with Crippen LogP contribution in [0.5, 0.6) is 0 Å². The number of aromatic nitrogens is 2. The van der Waals surface area contributed by atoms with Crippen molar-refractivity contribution in [3.8, 4) is 11.4 Å². The van der Waals surface area contributed by atoms with Gasteiger partial charge in [0, 0.05) is 25.0 Å². The first kappa shape index (κ1) is 16.3. The predicted octanol–water partition coefficient (Wildman–Crippen LogP) is 3.33. The van der Waals surface area contributed by atoms with Crippen LogP contribution in [0.4, 0.5) is 5.69 Å². The molecule has 3 aromatic rings. The summed E-state index contributed by atoms with van der Waals surface area (Å²) in [5.41, 5.74) is 5.11. The van der Waals surface area contributed by atoms with E-state index in [0.717, 1.165) is 24.9 Å². The molecule has 0 radical (unpaired) electrons. The predicted molar refractivity (Wildman–Crippen MR) is 98.9 cm³/mol. The smallest absolute Gasteiger partial charge is 0.257 e. The van der Waals surface area contributed by atoms with Crippen LogP contribution in [0.15, 0.2) is 47.1 Å². The highest BCUT2D eigenvalue weighted by Gasteiger charge is 2.22. The van der Waals surface area contributed by atoms with E-state index in [-0.39, 0.29) is 5.91 Å². The number of fused-ring (bicyclic) bond motifs is 1. The average Bonchev–Trinajstić information content (AvgIpc) is 3.08. The standard InChI is InChI=1S/C20H20N4O2/c1-13-18(19(24-26-13)17-8-2-3-10-22-17)20(25)23-12-14-6-4-9-16-15(14)7-5-11-21-16/h2-4,6,8-10,21H,5,7,11-12H2,1H3,(H,23,25). The Balaban J connectivity index is 1.56. The zero-order valence-electron chi connectivity index (χ0n) is 14.6. The summed E-state index contributed by atoms with van der Waals surface area (Å²) in [6.07, 6.45) is 3.80. The number of hydrogen-bond acceptors (Lipinski definition) is 5. The third kappa shape index (κ3) is 3.06. The summed E-state index contributed by atoms with van der Waals surface area (Å²) < 4.78 is 5.25. The second-order valence-electron chi connectivity index (χ2n) is 6.33. The molecule has 0 aliphatic carbocycles. The SMILES string of the molecule is Cc1onc(-c2ccccn2)c1C(=O)NCc1cccc2c1CCCN2. The van der Waals surface area contributed by atoms with Gasteiger partial charge in [-0.1, -0.05) is 23.4 Å². The Labute approximate surface area is 151 Å². The Bertz CT molecular complexity index is 934. The van der Waals surface area contributed by atoms with Gasteiger partial charge in [-0.15, -0.1) is 0 Å². The lowest BCUT2D eigenvalue weighted by molar-refractivity contribution is 0.0950. The summed E-state index contributed by atoms with van der Waals surface area (Å²) in [7, 11) is 0. The lowest BCUT2D eigenvalue weighted by atomic mass is 9.97. The van der Waals surface area contributed by atoms with E-state index in [1.807, 2.05) is 24.3 Å². The fourth-order valence-corrected chi connectivity index (χ4v) is 3.33. The Morgan fingerprint density at radius 1 is 1.27 bits per heavy atom. The molecule has 4 rings (SSSR count). The van der Waals surface area contributed by atoms with Crippen molar-refractivity contribution in [2.75, 3.05) is 11.9 Å². The van der Waals surface area contributed by atoms with E-state index in [9.17, 15) is 4.79 Å². The van der Waals surface area contributed by atoms with Crippen molar-refractivity contribution < 1.29 is 9.32 Å². The Morgan fingerprint density at radius 3 is 3.04 bits per heavy atom. The van der Waals surface area contributed by atoms with Crippen molar-refractivity contribution in [3.63, 3.8) is 0 Å². The van der Waals surface area contributed by atoms with Crippen LogP contribution < -0.4 is 10.6 Å². The Morgan fingerprint density at radius 2 is 2.19 bits per heavy atom. The molecule has 1 aliphatic rings. The fraction of sp³-hybridized carbons (Fsp3) is 0.250. The van der Waals surface area contributed by atoms with E-state index in [4.69, 9.17) is 4.52 Å². The molecule has 0 saturated carbocycles. The van der Waals surface area contributed by atoms with Crippen LogP contribution in [-0.4, -0.2) is 22.6 Å². The molecule has 26 heavy (non-hydrogen) atoms. The normalized spacial score (nSPS) is 13.0. The maximum Gasteiger partial charge on any atom is 0.257 e. The maximum atomic E-state index is 12.8. The average molecular weight is 348 g/mol. The van der Waals surface area contributed by atoms with Gasteiger partial charge in [0.1, 0.15) is 17.0 Å². The molecular formula is C20H20N4O2. The van der Waals surface area contributed by atoms with Gasteiger partial charge in [0.2, 0.25) is 0 Å². The lowest BCUT2D eigenvalue weighted by Gasteiger charge is -2.21. The van der Waals surface area contributed by atoms with Crippen molar-refractivity contribution in [2.24, 2.45) is 0 Å². The van der Waals surface area contributed by atoms with Gasteiger partial charge in [-0.25, -0.2) is 0 Å². The molecule has 0 bridgehead atoms. The second kappa shape index (κ2) is 7.00. The highest BCUT2D eigenvalue weighted by atomic mass is 16.5. The van der Waals surface area contributed by atoms with Crippen molar-refractivity contribution in [1.82, 2.24) is 15.5 Å². The molecule has 2 aromatic heterocycles. The van der Waals surface area contributed by atoms with Gasteiger partial charge in [0.25, 0.3) is 5.91 Å². The number of pyridine rings is 1. The molecule has 6 heteroatoms. The van der Waals surface area contributed by atoms with E-state index in [2.05, 4.69) is 32.9 Å². The minimum atomic E-state index is -0.203. The van der Waals surface area contributed by atoms with E-state index < -0.39 is 0 Å². The van der Waals surface area contributed by atoms with Crippen LogP contribution >= 0.6 is 0 Å². The third-order valence-corrected chi connectivity index (χ3v) is 4.63. The Kier molecular flexibility index (Phi) is 4.39. The topological polar surface area (TPSA) is 80.0 Å². The quantitative estimate of drug-likeness (QED) is 0.756. The second-order valence-corrected chi connectivity index (χ2v) is 6.33. The monoisotopic (exact) mass is 348 g/mol. The first-order valence-corrected chi connectivity index (χ1v) is 8.74. The van der Waals surface area contributed by atoms with E-state index in [1.165, 1.54) is 11.3 Å². The van der Waals surface area contributed by atoms with Crippen molar-refractivity contribution in [2.45, 2.75) is 26.3 Å². The molecule has 3 heterocycles. The van der Waals surface area contributed by atoms with Crippen LogP contribution in [0.3, 0.4) is 0 Å². The molecule has 1 amide bonds. The lowest BCUT2D eigenvalue weighted by Crippen LogP contribution is -2.25. The van der Waals surface area contributed by atoms with E-state index in [0.29, 0.717) is 29.3 Å². The van der Waals surface area contributed by atoms with Gasteiger partial charge >= 0.3 is 0 Å². The van der Waals surface area contributed by atoms with Crippen LogP contribution in [0.2, 0.25) is 0 Å². The molecule has 0 fully saturated rings. The van der Waals surface area contributed by atoms with Gasteiger partial charge in [-0.05, 0) is 49.1 Å². The summed E-state index contributed by atoms with van der Waals surface area (Å²) in [5, 5.41) is 10.4. The van der Waals surface area contributed by atoms with Crippen molar-refractivity contribution in [1.29, 1.82) is 0 Å². The summed E-state index contributed by atoms with van der Waals surface area (Å²) in [4.78, 5) is 17.1. The van der Waals surface area contributed by atoms with Crippen molar-refractivity contribution in [3.05, 3.63) is 65.0 Å². The molecule has 0 atom stereocenters. The number of nitrogens with one attached hydrogen (secondary N) is 2. The molecule has 1 aliphatic heterocycles. The summed E-state index contributed by atoms with van der Waals surface area (Å²) in [5.74, 6) is 0.283. The number of hydrogen-bond donors (Lipinski definition) is 2. The van der Waals surface area contributed by atoms with Crippen LogP contribution in [0.25, 0.3) is 11.4 Å². The number of aryl methyl sites for hydroxylation is 1. The van der Waals surface area contributed by atoms with Crippen molar-refractivity contribution >= 4 is 11.6 Å². The van der Waals surface area contributed by atoms with E-state index >= 15 is 0 Å². The number of nitrogens with zero attached hydrogens (tertiary/aromatic N) is 2. The fourth-order valence-electron chi connectivity index (χ4n) is 3.33. The van der Waals surface area contributed by atoms with Gasteiger partial charge in [-0.2, -0.15) is 0 Å². The summed E-state index contributed by atoms with van der Waals surface area (Å²) >= 11 is 0. The number of carbonyl (C=O) groups excluding carboxylic acids is 1. The number of carbonyl (C=O) groups is 1. The number of benzene rings is 1. The molecule has 0 unspecified atom stereocenters. The minimum absolute atomic E-state index is 0.203. The van der Waals surface area contributed by atoms with Gasteiger partial charge in [0.15, 0.2) is 0 Å². The maximum absolute atomic E-state index is 12.8. The zero-order chi connectivity index (χ0) is 17.9. The molecule has 0 saturated heterocycles. The molecule has 6 nitrogen and oxygen atoms in total. The summed E-state index contributed by atoms with van der Waals surface area (Å²) in [6, 6.07) is 11.7. The first-order valence-electron chi connectivity index (χ1n) is 8.74. The number of anilines is 1. The van der Waals surface area contributed by atoms with Gasteiger partial charge < -0.3 is 15.2 Å². The van der Waals surface area contributed by atoms with Gasteiger partial charge in [-0.3, -0.25) is 9.78 Å². The highest BCUT2D eigenvalue weighted by Crippen LogP contribution is 2.26. The molecule has 0 spiro atoms. The molecule has 2 N–H and O–H groups in total. The first-order chi connectivity index (χ1) is 12.7. The van der Waals surface area contributed by atoms with Crippen LogP contribution in [-0.2, 0) is 13.0 Å². The third-order valence-electron chi connectivity index (χ3n) is 4.63. The minimum Gasteiger partial charge on any atom is -0.385 e. The number of rotatable bonds is 4.